The number of benzene rings is 1. The van der Waals surface area contributed by atoms with Crippen molar-refractivity contribution >= 4 is 0 Å². The van der Waals surface area contributed by atoms with E-state index in [0.717, 1.165) is 18.7 Å². The third-order valence-electron chi connectivity index (χ3n) is 1.99. The number of hydrogen-bond donors (Lipinski definition) is 0. The molecule has 1 aliphatic rings. The molecule has 0 aromatic heterocycles. The van der Waals surface area contributed by atoms with E-state index < -0.39 is 0 Å². The predicted molar refractivity (Wildman–Crippen MR) is 47.7 cm³/mol. The van der Waals surface area contributed by atoms with Gasteiger partial charge in [0, 0.05) is 6.20 Å². The van der Waals surface area contributed by atoms with Crippen LogP contribution >= 0.6 is 0 Å². The summed E-state index contributed by atoms with van der Waals surface area (Å²) in [4.78, 5) is 5.50. The molecule has 1 heterocycles. The molecule has 0 bridgehead atoms. The first-order valence-electron chi connectivity index (χ1n) is 4.05. The van der Waals surface area contributed by atoms with Crippen LogP contribution in [0.15, 0.2) is 37.0 Å². The van der Waals surface area contributed by atoms with Crippen LogP contribution in [0, 0.1) is 0 Å². The largest absolute Gasteiger partial charge is 0.380 e. The van der Waals surface area contributed by atoms with E-state index in [4.69, 9.17) is 4.84 Å². The highest BCUT2D eigenvalue weighted by atomic mass is 16.7. The van der Waals surface area contributed by atoms with Crippen LogP contribution in [0.4, 0.5) is 0 Å². The summed E-state index contributed by atoms with van der Waals surface area (Å²) < 4.78 is 0. The maximum Gasteiger partial charge on any atom is 0.158 e. The van der Waals surface area contributed by atoms with Crippen molar-refractivity contribution in [2.24, 2.45) is 0 Å². The van der Waals surface area contributed by atoms with Gasteiger partial charge in [-0.1, -0.05) is 24.8 Å². The third-order valence-corrected chi connectivity index (χ3v) is 1.99. The van der Waals surface area contributed by atoms with E-state index in [2.05, 4.69) is 12.6 Å². The first-order valence-corrected chi connectivity index (χ1v) is 4.05. The zero-order valence-electron chi connectivity index (χ0n) is 6.86. The van der Waals surface area contributed by atoms with Gasteiger partial charge in [0.15, 0.2) is 5.75 Å². The first kappa shape index (κ1) is 7.22. The normalized spacial score (nSPS) is 14.8. The fourth-order valence-electron chi connectivity index (χ4n) is 1.33. The van der Waals surface area contributed by atoms with Crippen molar-refractivity contribution in [3.05, 3.63) is 42.6 Å². The van der Waals surface area contributed by atoms with Gasteiger partial charge in [-0.05, 0) is 18.1 Å². The molecule has 0 saturated heterocycles. The van der Waals surface area contributed by atoms with Crippen LogP contribution in [0.3, 0.4) is 0 Å². The number of hydrogen-bond acceptors (Lipinski definition) is 2. The molecule has 0 spiro atoms. The number of nitrogens with zero attached hydrogens (tertiary/aromatic N) is 1. The van der Waals surface area contributed by atoms with Gasteiger partial charge in [-0.25, -0.2) is 5.06 Å². The second kappa shape index (κ2) is 2.89. The minimum atomic E-state index is 0.889. The summed E-state index contributed by atoms with van der Waals surface area (Å²) in [6.45, 7) is 4.55. The Kier molecular flexibility index (Phi) is 1.74. The Morgan fingerprint density at radius 2 is 2.25 bits per heavy atom. The summed E-state index contributed by atoms with van der Waals surface area (Å²) in [5, 5.41) is 1.75. The van der Waals surface area contributed by atoms with Crippen molar-refractivity contribution in [1.29, 1.82) is 0 Å². The number of rotatable bonds is 1. The van der Waals surface area contributed by atoms with Gasteiger partial charge >= 0.3 is 0 Å². The van der Waals surface area contributed by atoms with E-state index in [-0.39, 0.29) is 0 Å². The Morgan fingerprint density at radius 1 is 1.42 bits per heavy atom. The molecule has 0 fully saturated rings. The highest BCUT2D eigenvalue weighted by molar-refractivity contribution is 5.34. The minimum absolute atomic E-state index is 0.889. The number of hydroxylamine groups is 2. The monoisotopic (exact) mass is 161 g/mol. The second-order valence-electron chi connectivity index (χ2n) is 2.77. The quantitative estimate of drug-likeness (QED) is 0.624. The van der Waals surface area contributed by atoms with Gasteiger partial charge in [0.25, 0.3) is 0 Å². The summed E-state index contributed by atoms with van der Waals surface area (Å²) in [6.07, 6.45) is 2.73. The fraction of sp³-hybridized carbons (Fsp3) is 0.200. The average Bonchev–Trinajstić information content (AvgIpc) is 2.17. The smallest absolute Gasteiger partial charge is 0.158 e. The molecule has 0 N–H and O–H groups in total. The van der Waals surface area contributed by atoms with Crippen LogP contribution in [0.25, 0.3) is 0 Å². The van der Waals surface area contributed by atoms with Crippen LogP contribution in [-0.2, 0) is 6.42 Å². The lowest BCUT2D eigenvalue weighted by Gasteiger charge is -2.26. The Hall–Kier alpha value is -1.44. The minimum Gasteiger partial charge on any atom is -0.380 e. The van der Waals surface area contributed by atoms with Gasteiger partial charge in [0.05, 0.1) is 6.54 Å². The van der Waals surface area contributed by atoms with E-state index >= 15 is 0 Å². The van der Waals surface area contributed by atoms with Crippen LogP contribution in [0.5, 0.6) is 5.75 Å². The van der Waals surface area contributed by atoms with Crippen molar-refractivity contribution in [2.75, 3.05) is 6.54 Å². The molecule has 1 aromatic rings. The maximum absolute atomic E-state index is 5.50. The number of para-hydroxylation sites is 1. The van der Waals surface area contributed by atoms with Crippen molar-refractivity contribution < 1.29 is 4.84 Å². The zero-order valence-corrected chi connectivity index (χ0v) is 6.86. The van der Waals surface area contributed by atoms with Crippen LogP contribution in [0.1, 0.15) is 5.56 Å². The van der Waals surface area contributed by atoms with Gasteiger partial charge < -0.3 is 4.84 Å². The first-order chi connectivity index (χ1) is 5.90. The molecule has 0 aliphatic carbocycles. The molecule has 1 aliphatic heterocycles. The average molecular weight is 161 g/mol. The highest BCUT2D eigenvalue weighted by Crippen LogP contribution is 2.23. The van der Waals surface area contributed by atoms with E-state index in [0.29, 0.717) is 0 Å². The van der Waals surface area contributed by atoms with E-state index in [9.17, 15) is 0 Å². The van der Waals surface area contributed by atoms with Crippen molar-refractivity contribution in [1.82, 2.24) is 5.06 Å². The van der Waals surface area contributed by atoms with Gasteiger partial charge in [0.1, 0.15) is 0 Å². The molecule has 0 atom stereocenters. The van der Waals surface area contributed by atoms with Crippen LogP contribution in [-0.4, -0.2) is 11.6 Å². The Balaban J connectivity index is 2.28. The van der Waals surface area contributed by atoms with Gasteiger partial charge in [-0.15, -0.1) is 0 Å². The van der Waals surface area contributed by atoms with Crippen molar-refractivity contribution in [3.63, 3.8) is 0 Å². The summed E-state index contributed by atoms with van der Waals surface area (Å²) in [5.41, 5.74) is 1.27. The maximum atomic E-state index is 5.50. The summed E-state index contributed by atoms with van der Waals surface area (Å²) in [6, 6.07) is 8.08. The lowest BCUT2D eigenvalue weighted by Crippen LogP contribution is -2.28. The number of fused-ring (bicyclic) bond motifs is 1. The van der Waals surface area contributed by atoms with E-state index in [1.807, 2.05) is 18.2 Å². The Morgan fingerprint density at radius 3 is 3.08 bits per heavy atom. The van der Waals surface area contributed by atoms with Crippen molar-refractivity contribution in [3.8, 4) is 5.75 Å². The molecule has 0 amide bonds. The molecule has 2 nitrogen and oxygen atoms in total. The molecule has 0 unspecified atom stereocenters. The molecule has 2 rings (SSSR count). The predicted octanol–water partition coefficient (Wildman–Crippen LogP) is 1.98. The van der Waals surface area contributed by atoms with Crippen LogP contribution < -0.4 is 4.84 Å². The van der Waals surface area contributed by atoms with Gasteiger partial charge in [-0.2, -0.15) is 0 Å². The molecule has 62 valence electrons. The Labute approximate surface area is 72.0 Å². The zero-order chi connectivity index (χ0) is 8.39. The SMILES string of the molecule is C=CN1CCc2ccccc2O1. The van der Waals surface area contributed by atoms with Crippen LogP contribution in [0.2, 0.25) is 0 Å². The Bertz CT molecular complexity index is 296. The molecule has 0 radical (unpaired) electrons. The summed E-state index contributed by atoms with van der Waals surface area (Å²) in [5.74, 6) is 0.948. The standard InChI is InChI=1S/C10H11NO/c1-2-11-8-7-9-5-3-4-6-10(9)12-11/h2-6H,1,7-8H2. The fourth-order valence-corrected chi connectivity index (χ4v) is 1.33. The molecular weight excluding hydrogens is 150 g/mol. The lowest BCUT2D eigenvalue weighted by atomic mass is 10.1. The summed E-state index contributed by atoms with van der Waals surface area (Å²) >= 11 is 0. The molecule has 12 heavy (non-hydrogen) atoms. The second-order valence-corrected chi connectivity index (χ2v) is 2.77. The molecule has 1 aromatic carbocycles. The highest BCUT2D eigenvalue weighted by Gasteiger charge is 2.13. The summed E-state index contributed by atoms with van der Waals surface area (Å²) in [7, 11) is 0. The van der Waals surface area contributed by atoms with E-state index in [1.165, 1.54) is 5.56 Å². The van der Waals surface area contributed by atoms with Gasteiger partial charge in [0.2, 0.25) is 0 Å². The molecular formula is C10H11NO. The molecule has 0 saturated carbocycles. The van der Waals surface area contributed by atoms with Gasteiger partial charge in [-0.3, -0.25) is 0 Å². The third kappa shape index (κ3) is 1.16. The van der Waals surface area contributed by atoms with Crippen molar-refractivity contribution in [2.45, 2.75) is 6.42 Å². The van der Waals surface area contributed by atoms with E-state index in [1.54, 1.807) is 11.3 Å². The molecule has 2 heteroatoms. The lowest BCUT2D eigenvalue weighted by molar-refractivity contribution is -0.0182. The topological polar surface area (TPSA) is 12.5 Å².